The second-order valence-corrected chi connectivity index (χ2v) is 4.95. The summed E-state index contributed by atoms with van der Waals surface area (Å²) in [6, 6.07) is 5.49. The van der Waals surface area contributed by atoms with E-state index < -0.39 is 0 Å². The number of carbonyl (C=O) groups excluding carboxylic acids is 1. The Kier molecular flexibility index (Phi) is 7.47. The van der Waals surface area contributed by atoms with Crippen LogP contribution in [0.2, 0.25) is 0 Å². The van der Waals surface area contributed by atoms with Crippen molar-refractivity contribution < 1.29 is 14.6 Å². The van der Waals surface area contributed by atoms with Crippen LogP contribution in [0.1, 0.15) is 12.0 Å². The minimum Gasteiger partial charge on any atom is -0.394 e. The van der Waals surface area contributed by atoms with Crippen molar-refractivity contribution in [3.63, 3.8) is 0 Å². The van der Waals surface area contributed by atoms with Gasteiger partial charge in [-0.25, -0.2) is 4.79 Å². The highest BCUT2D eigenvalue weighted by molar-refractivity contribution is 9.10. The molecule has 0 saturated heterocycles. The number of ether oxygens (including phenoxy) is 1. The molecular weight excluding hydrogens is 312 g/mol. The molecule has 0 atom stereocenters. The summed E-state index contributed by atoms with van der Waals surface area (Å²) in [6.07, 6.45) is 0.713. The predicted octanol–water partition coefficient (Wildman–Crippen LogP) is 2.28. The van der Waals surface area contributed by atoms with E-state index in [1.165, 1.54) is 0 Å². The maximum Gasteiger partial charge on any atom is 0.319 e. The summed E-state index contributed by atoms with van der Waals surface area (Å²) in [5, 5.41) is 14.1. The van der Waals surface area contributed by atoms with Gasteiger partial charge in [0, 0.05) is 23.3 Å². The largest absolute Gasteiger partial charge is 0.394 e. The van der Waals surface area contributed by atoms with Crippen LogP contribution in [0.3, 0.4) is 0 Å². The third-order valence-electron chi connectivity index (χ3n) is 2.43. The van der Waals surface area contributed by atoms with Crippen LogP contribution in [-0.2, 0) is 4.74 Å². The van der Waals surface area contributed by atoms with E-state index in [0.29, 0.717) is 26.2 Å². The molecule has 3 N–H and O–H groups in total. The zero-order chi connectivity index (χ0) is 14.1. The van der Waals surface area contributed by atoms with Gasteiger partial charge in [0.25, 0.3) is 0 Å². The molecule has 0 saturated carbocycles. The van der Waals surface area contributed by atoms with Crippen molar-refractivity contribution in [2.24, 2.45) is 0 Å². The smallest absolute Gasteiger partial charge is 0.319 e. The number of aliphatic hydroxyl groups excluding tert-OH is 1. The van der Waals surface area contributed by atoms with Gasteiger partial charge >= 0.3 is 6.03 Å². The highest BCUT2D eigenvalue weighted by atomic mass is 79.9. The quantitative estimate of drug-likeness (QED) is 0.672. The molecule has 0 radical (unpaired) electrons. The third kappa shape index (κ3) is 6.56. The Labute approximate surface area is 121 Å². The molecule has 0 heterocycles. The fraction of sp³-hybridized carbons (Fsp3) is 0.462. The Morgan fingerprint density at radius 1 is 1.42 bits per heavy atom. The van der Waals surface area contributed by atoms with Gasteiger partial charge in [-0.15, -0.1) is 0 Å². The number of aliphatic hydroxyl groups is 1. The first-order chi connectivity index (χ1) is 9.13. The monoisotopic (exact) mass is 330 g/mol. The number of urea groups is 1. The summed E-state index contributed by atoms with van der Waals surface area (Å²) >= 11 is 3.37. The van der Waals surface area contributed by atoms with Crippen LogP contribution in [0.15, 0.2) is 22.7 Å². The van der Waals surface area contributed by atoms with Gasteiger partial charge in [-0.1, -0.05) is 22.0 Å². The zero-order valence-corrected chi connectivity index (χ0v) is 12.5. The van der Waals surface area contributed by atoms with Gasteiger partial charge in [0.05, 0.1) is 13.2 Å². The molecule has 0 aliphatic rings. The van der Waals surface area contributed by atoms with Crippen molar-refractivity contribution in [3.8, 4) is 0 Å². The van der Waals surface area contributed by atoms with Gasteiger partial charge in [0.1, 0.15) is 0 Å². The summed E-state index contributed by atoms with van der Waals surface area (Å²) in [5.41, 5.74) is 1.79. The molecule has 0 spiro atoms. The van der Waals surface area contributed by atoms with Gasteiger partial charge in [-0.05, 0) is 31.0 Å². The van der Waals surface area contributed by atoms with Crippen molar-refractivity contribution in [2.75, 3.05) is 31.7 Å². The number of halogens is 1. The second-order valence-electron chi connectivity index (χ2n) is 4.03. The van der Waals surface area contributed by atoms with E-state index in [1.807, 2.05) is 25.1 Å². The lowest BCUT2D eigenvalue weighted by atomic mass is 10.2. The van der Waals surface area contributed by atoms with E-state index in [-0.39, 0.29) is 12.6 Å². The Hall–Kier alpha value is -1.11. The first-order valence-corrected chi connectivity index (χ1v) is 6.92. The standard InChI is InChI=1S/C13H19BrN2O3/c1-10-3-4-11(14)9-12(10)16-13(18)15-5-2-7-19-8-6-17/h3-4,9,17H,2,5-8H2,1H3,(H2,15,16,18). The molecule has 6 heteroatoms. The Morgan fingerprint density at radius 2 is 2.21 bits per heavy atom. The number of carbonyl (C=O) groups is 1. The Morgan fingerprint density at radius 3 is 2.95 bits per heavy atom. The minimum atomic E-state index is -0.233. The van der Waals surface area contributed by atoms with Gasteiger partial charge in [-0.3, -0.25) is 0 Å². The molecule has 0 aromatic heterocycles. The molecule has 0 aliphatic carbocycles. The van der Waals surface area contributed by atoms with Crippen LogP contribution in [0, 0.1) is 6.92 Å². The molecule has 5 nitrogen and oxygen atoms in total. The average Bonchev–Trinajstić information content (AvgIpc) is 2.38. The van der Waals surface area contributed by atoms with Crippen molar-refractivity contribution in [1.29, 1.82) is 0 Å². The molecule has 2 amide bonds. The number of anilines is 1. The summed E-state index contributed by atoms with van der Waals surface area (Å²) in [4.78, 5) is 11.6. The Bertz CT molecular complexity index is 413. The van der Waals surface area contributed by atoms with E-state index in [0.717, 1.165) is 15.7 Å². The number of hydrogen-bond acceptors (Lipinski definition) is 3. The van der Waals surface area contributed by atoms with Crippen molar-refractivity contribution in [2.45, 2.75) is 13.3 Å². The van der Waals surface area contributed by atoms with Gasteiger partial charge in [-0.2, -0.15) is 0 Å². The molecule has 1 aromatic rings. The van der Waals surface area contributed by atoms with E-state index in [9.17, 15) is 4.79 Å². The average molecular weight is 331 g/mol. The maximum atomic E-state index is 11.6. The molecule has 1 aromatic carbocycles. The molecular formula is C13H19BrN2O3. The number of hydrogen-bond donors (Lipinski definition) is 3. The summed E-state index contributed by atoms with van der Waals surface area (Å²) in [7, 11) is 0. The number of amides is 2. The summed E-state index contributed by atoms with van der Waals surface area (Å²) < 4.78 is 6.01. The van der Waals surface area contributed by atoms with Gasteiger partial charge in [0.15, 0.2) is 0 Å². The summed E-state index contributed by atoms with van der Waals surface area (Å²) in [5.74, 6) is 0. The van der Waals surface area contributed by atoms with Crippen molar-refractivity contribution in [1.82, 2.24) is 5.32 Å². The number of aryl methyl sites for hydroxylation is 1. The lowest BCUT2D eigenvalue weighted by Crippen LogP contribution is -2.30. The fourth-order valence-electron chi connectivity index (χ4n) is 1.44. The minimum absolute atomic E-state index is 0.0239. The highest BCUT2D eigenvalue weighted by Gasteiger charge is 2.04. The Balaban J connectivity index is 2.25. The van der Waals surface area contributed by atoms with Crippen LogP contribution >= 0.6 is 15.9 Å². The molecule has 0 fully saturated rings. The third-order valence-corrected chi connectivity index (χ3v) is 2.93. The molecule has 106 valence electrons. The van der Waals surface area contributed by atoms with Crippen molar-refractivity contribution in [3.05, 3.63) is 28.2 Å². The SMILES string of the molecule is Cc1ccc(Br)cc1NC(=O)NCCCOCCO. The summed E-state index contributed by atoms with van der Waals surface area (Å²) in [6.45, 7) is 3.35. The molecule has 0 aliphatic heterocycles. The molecule has 0 unspecified atom stereocenters. The predicted molar refractivity (Wildman–Crippen MR) is 78.4 cm³/mol. The molecule has 1 rings (SSSR count). The number of benzene rings is 1. The highest BCUT2D eigenvalue weighted by Crippen LogP contribution is 2.20. The van der Waals surface area contributed by atoms with E-state index >= 15 is 0 Å². The van der Waals surface area contributed by atoms with Crippen molar-refractivity contribution >= 4 is 27.6 Å². The zero-order valence-electron chi connectivity index (χ0n) is 10.9. The first-order valence-electron chi connectivity index (χ1n) is 6.13. The van der Waals surface area contributed by atoms with Crippen LogP contribution in [0.5, 0.6) is 0 Å². The van der Waals surface area contributed by atoms with E-state index in [1.54, 1.807) is 0 Å². The normalized spacial score (nSPS) is 10.3. The first kappa shape index (κ1) is 15.9. The topological polar surface area (TPSA) is 70.6 Å². The lowest BCUT2D eigenvalue weighted by molar-refractivity contribution is 0.0910. The second kappa shape index (κ2) is 8.90. The molecule has 0 bridgehead atoms. The van der Waals surface area contributed by atoms with Gasteiger partial charge < -0.3 is 20.5 Å². The van der Waals surface area contributed by atoms with E-state index in [2.05, 4.69) is 26.6 Å². The van der Waals surface area contributed by atoms with Gasteiger partial charge in [0.2, 0.25) is 0 Å². The fourth-order valence-corrected chi connectivity index (χ4v) is 1.80. The maximum absolute atomic E-state index is 11.6. The van der Waals surface area contributed by atoms with Crippen LogP contribution in [0.4, 0.5) is 10.5 Å². The number of rotatable bonds is 7. The lowest BCUT2D eigenvalue weighted by Gasteiger charge is -2.10. The van der Waals surface area contributed by atoms with E-state index in [4.69, 9.17) is 9.84 Å². The van der Waals surface area contributed by atoms with Crippen LogP contribution in [-0.4, -0.2) is 37.5 Å². The molecule has 19 heavy (non-hydrogen) atoms. The van der Waals surface area contributed by atoms with Crippen LogP contribution < -0.4 is 10.6 Å². The number of nitrogens with one attached hydrogen (secondary N) is 2. The van der Waals surface area contributed by atoms with Crippen LogP contribution in [0.25, 0.3) is 0 Å².